The average molecular weight is 297 g/mol. The van der Waals surface area contributed by atoms with Crippen LogP contribution in [0.4, 0.5) is 0 Å². The van der Waals surface area contributed by atoms with E-state index in [0.717, 1.165) is 31.0 Å². The molecule has 112 valence electrons. The van der Waals surface area contributed by atoms with E-state index in [-0.39, 0.29) is 0 Å². The molecule has 3 atom stereocenters. The second-order valence-electron chi connectivity index (χ2n) is 5.69. The van der Waals surface area contributed by atoms with Crippen LogP contribution in [0.3, 0.4) is 0 Å². The van der Waals surface area contributed by atoms with E-state index in [1.165, 1.54) is 5.56 Å². The van der Waals surface area contributed by atoms with Crippen LogP contribution in [0.25, 0.3) is 0 Å². The lowest BCUT2D eigenvalue weighted by Gasteiger charge is -2.28. The number of hydrogen-bond acceptors (Lipinski definition) is 3. The highest BCUT2D eigenvalue weighted by Crippen LogP contribution is 2.25. The summed E-state index contributed by atoms with van der Waals surface area (Å²) in [6.45, 7) is 4.13. The minimum Gasteiger partial charge on any atom is -0.372 e. The van der Waals surface area contributed by atoms with Crippen molar-refractivity contribution in [3.63, 3.8) is 0 Å². The monoisotopic (exact) mass is 296 g/mol. The molecule has 3 unspecified atom stereocenters. The largest absolute Gasteiger partial charge is 0.372 e. The first-order valence-electron chi connectivity index (χ1n) is 7.36. The smallest absolute Gasteiger partial charge is 0.0707 e. The molecule has 4 heteroatoms. The van der Waals surface area contributed by atoms with E-state index < -0.39 is 0 Å². The van der Waals surface area contributed by atoms with E-state index in [1.807, 2.05) is 25.2 Å². The summed E-state index contributed by atoms with van der Waals surface area (Å²) in [6.07, 6.45) is 3.03. The van der Waals surface area contributed by atoms with E-state index in [0.29, 0.717) is 18.2 Å². The minimum atomic E-state index is 0.347. The van der Waals surface area contributed by atoms with Crippen molar-refractivity contribution >= 4 is 11.6 Å². The lowest BCUT2D eigenvalue weighted by molar-refractivity contribution is 0.0225. The predicted molar refractivity (Wildman–Crippen MR) is 84.3 cm³/mol. The van der Waals surface area contributed by atoms with Gasteiger partial charge in [-0.2, -0.15) is 0 Å². The van der Waals surface area contributed by atoms with E-state index in [9.17, 15) is 0 Å². The topological polar surface area (TPSA) is 24.5 Å². The molecule has 0 bridgehead atoms. The number of rotatable bonds is 6. The Morgan fingerprint density at radius 2 is 2.15 bits per heavy atom. The number of benzene rings is 1. The first-order chi connectivity index (χ1) is 9.60. The Hall–Kier alpha value is -0.610. The normalized spacial score (nSPS) is 24.2. The van der Waals surface area contributed by atoms with Crippen molar-refractivity contribution in [1.82, 2.24) is 10.2 Å². The highest BCUT2D eigenvalue weighted by atomic mass is 35.5. The summed E-state index contributed by atoms with van der Waals surface area (Å²) in [6, 6.07) is 8.45. The third-order valence-electron chi connectivity index (χ3n) is 4.11. The maximum Gasteiger partial charge on any atom is 0.0707 e. The van der Waals surface area contributed by atoms with Crippen molar-refractivity contribution in [2.24, 2.45) is 0 Å². The highest BCUT2D eigenvalue weighted by molar-refractivity contribution is 6.30. The standard InChI is InChI=1S/C16H25ClN2O/c1-12(13-5-4-6-14(17)9-13)19(3)11-16-8-7-15(20-16)10-18-2/h4-6,9,12,15-16,18H,7-8,10-11H2,1-3H3. The fourth-order valence-corrected chi connectivity index (χ4v) is 2.99. The molecule has 1 heterocycles. The van der Waals surface area contributed by atoms with Gasteiger partial charge >= 0.3 is 0 Å². The molecule has 1 fully saturated rings. The Morgan fingerprint density at radius 1 is 1.40 bits per heavy atom. The van der Waals surface area contributed by atoms with E-state index in [2.05, 4.69) is 30.3 Å². The molecule has 0 aromatic heterocycles. The van der Waals surface area contributed by atoms with Crippen molar-refractivity contribution < 1.29 is 4.74 Å². The number of likely N-dealkylation sites (N-methyl/N-ethyl adjacent to an activating group) is 2. The van der Waals surface area contributed by atoms with Gasteiger partial charge in [-0.1, -0.05) is 23.7 Å². The molecular weight excluding hydrogens is 272 g/mol. The quantitative estimate of drug-likeness (QED) is 0.873. The van der Waals surface area contributed by atoms with Crippen LogP contribution in [-0.4, -0.2) is 44.3 Å². The van der Waals surface area contributed by atoms with Crippen LogP contribution in [0, 0.1) is 0 Å². The number of ether oxygens (including phenoxy) is 1. The third-order valence-corrected chi connectivity index (χ3v) is 4.35. The zero-order valence-corrected chi connectivity index (χ0v) is 13.4. The molecule has 0 aliphatic carbocycles. The van der Waals surface area contributed by atoms with Gasteiger partial charge in [0, 0.05) is 24.2 Å². The summed E-state index contributed by atoms with van der Waals surface area (Å²) >= 11 is 6.07. The van der Waals surface area contributed by atoms with E-state index >= 15 is 0 Å². The summed E-state index contributed by atoms with van der Waals surface area (Å²) in [7, 11) is 4.13. The summed E-state index contributed by atoms with van der Waals surface area (Å²) in [5.41, 5.74) is 1.25. The Bertz CT molecular complexity index is 427. The third kappa shape index (κ3) is 4.19. The number of hydrogen-bond donors (Lipinski definition) is 1. The molecule has 0 amide bonds. The van der Waals surface area contributed by atoms with Crippen molar-refractivity contribution in [1.29, 1.82) is 0 Å². The molecule has 1 aromatic carbocycles. The van der Waals surface area contributed by atoms with Crippen LogP contribution in [0.5, 0.6) is 0 Å². The Kier molecular flexibility index (Phi) is 5.85. The maximum absolute atomic E-state index is 6.07. The number of nitrogens with one attached hydrogen (secondary N) is 1. The Balaban J connectivity index is 1.87. The van der Waals surface area contributed by atoms with Crippen LogP contribution in [0.2, 0.25) is 5.02 Å². The van der Waals surface area contributed by atoms with Crippen molar-refractivity contribution in [2.45, 2.75) is 38.0 Å². The zero-order valence-electron chi connectivity index (χ0n) is 12.6. The fourth-order valence-electron chi connectivity index (χ4n) is 2.79. The Morgan fingerprint density at radius 3 is 2.85 bits per heavy atom. The number of nitrogens with zero attached hydrogens (tertiary/aromatic N) is 1. The van der Waals surface area contributed by atoms with Crippen molar-refractivity contribution in [2.75, 3.05) is 27.2 Å². The molecule has 1 aromatic rings. The van der Waals surface area contributed by atoms with Crippen LogP contribution >= 0.6 is 11.6 Å². The maximum atomic E-state index is 6.07. The van der Waals surface area contributed by atoms with Gasteiger partial charge in [-0.25, -0.2) is 0 Å². The van der Waals surface area contributed by atoms with Crippen LogP contribution in [0.1, 0.15) is 31.4 Å². The summed E-state index contributed by atoms with van der Waals surface area (Å²) in [5.74, 6) is 0. The van der Waals surface area contributed by atoms with Crippen LogP contribution < -0.4 is 5.32 Å². The van der Waals surface area contributed by atoms with Crippen molar-refractivity contribution in [3.05, 3.63) is 34.9 Å². The lowest BCUT2D eigenvalue weighted by Crippen LogP contribution is -2.32. The lowest BCUT2D eigenvalue weighted by atomic mass is 10.1. The molecule has 1 aliphatic rings. The van der Waals surface area contributed by atoms with Gasteiger partial charge < -0.3 is 10.1 Å². The van der Waals surface area contributed by atoms with Gasteiger partial charge in [-0.05, 0) is 51.6 Å². The van der Waals surface area contributed by atoms with Gasteiger partial charge in [0.1, 0.15) is 0 Å². The van der Waals surface area contributed by atoms with Gasteiger partial charge in [-0.15, -0.1) is 0 Å². The number of halogens is 1. The highest BCUT2D eigenvalue weighted by Gasteiger charge is 2.26. The summed E-state index contributed by atoms with van der Waals surface area (Å²) in [4.78, 5) is 2.35. The van der Waals surface area contributed by atoms with Crippen LogP contribution in [0.15, 0.2) is 24.3 Å². The summed E-state index contributed by atoms with van der Waals surface area (Å²) in [5, 5.41) is 3.99. The molecule has 1 N–H and O–H groups in total. The molecule has 1 saturated heterocycles. The molecule has 0 radical (unpaired) electrons. The van der Waals surface area contributed by atoms with E-state index in [1.54, 1.807) is 0 Å². The molecule has 0 saturated carbocycles. The van der Waals surface area contributed by atoms with Gasteiger partial charge in [0.15, 0.2) is 0 Å². The van der Waals surface area contributed by atoms with Gasteiger partial charge in [0.25, 0.3) is 0 Å². The minimum absolute atomic E-state index is 0.347. The molecule has 2 rings (SSSR count). The SMILES string of the molecule is CNCC1CCC(CN(C)C(C)c2cccc(Cl)c2)O1. The Labute approximate surface area is 127 Å². The van der Waals surface area contributed by atoms with Gasteiger partial charge in [0.05, 0.1) is 12.2 Å². The second-order valence-corrected chi connectivity index (χ2v) is 6.12. The first-order valence-corrected chi connectivity index (χ1v) is 7.73. The summed E-state index contributed by atoms with van der Waals surface area (Å²) < 4.78 is 6.05. The van der Waals surface area contributed by atoms with Crippen LogP contribution in [-0.2, 0) is 4.74 Å². The molecule has 20 heavy (non-hydrogen) atoms. The zero-order chi connectivity index (χ0) is 14.5. The second kappa shape index (κ2) is 7.41. The molecule has 3 nitrogen and oxygen atoms in total. The first kappa shape index (κ1) is 15.8. The molecule has 1 aliphatic heterocycles. The molecule has 0 spiro atoms. The average Bonchev–Trinajstić information content (AvgIpc) is 2.85. The van der Waals surface area contributed by atoms with Crippen molar-refractivity contribution in [3.8, 4) is 0 Å². The van der Waals surface area contributed by atoms with Gasteiger partial charge in [0.2, 0.25) is 0 Å². The fraction of sp³-hybridized carbons (Fsp3) is 0.625. The molecular formula is C16H25ClN2O. The predicted octanol–water partition coefficient (Wildman–Crippen LogP) is 3.10. The van der Waals surface area contributed by atoms with Gasteiger partial charge in [-0.3, -0.25) is 4.90 Å². The van der Waals surface area contributed by atoms with E-state index in [4.69, 9.17) is 16.3 Å².